The topological polar surface area (TPSA) is 70.2 Å². The predicted molar refractivity (Wildman–Crippen MR) is 116 cm³/mol. The maximum Gasteiger partial charge on any atom is 0.162 e. The summed E-state index contributed by atoms with van der Waals surface area (Å²) in [5.74, 6) is 0.235. The van der Waals surface area contributed by atoms with Crippen molar-refractivity contribution < 1.29 is 9.84 Å². The van der Waals surface area contributed by atoms with Gasteiger partial charge < -0.3 is 15.2 Å². The molecule has 2 bridgehead atoms. The Balaban J connectivity index is 1.37. The first kappa shape index (κ1) is 18.6. The van der Waals surface area contributed by atoms with Gasteiger partial charge in [-0.05, 0) is 55.3 Å². The number of allylic oxidation sites excluding steroid dienone is 2. The SMILES string of the molecule is CC1=C(O[C@@H]2CC3CC[C@@]2(C)CN3)SC(c2ccc(-c3cn[nH]c3)cc2O)=C=C1. The molecule has 150 valence electrons. The third kappa shape index (κ3) is 3.42. The van der Waals surface area contributed by atoms with Gasteiger partial charge in [0, 0.05) is 47.3 Å². The smallest absolute Gasteiger partial charge is 0.162 e. The van der Waals surface area contributed by atoms with Crippen LogP contribution in [0, 0.1) is 5.41 Å². The maximum atomic E-state index is 10.7. The lowest BCUT2D eigenvalue weighted by Gasteiger charge is -2.50. The molecule has 4 aliphatic rings. The quantitative estimate of drug-likeness (QED) is 0.635. The van der Waals surface area contributed by atoms with Crippen molar-refractivity contribution in [3.63, 3.8) is 0 Å². The summed E-state index contributed by atoms with van der Waals surface area (Å²) < 4.78 is 6.57. The van der Waals surface area contributed by atoms with Crippen molar-refractivity contribution in [3.05, 3.63) is 58.6 Å². The summed E-state index contributed by atoms with van der Waals surface area (Å²) >= 11 is 1.56. The van der Waals surface area contributed by atoms with E-state index in [4.69, 9.17) is 4.74 Å². The fraction of sp³-hybridized carbons (Fsp3) is 0.391. The fourth-order valence-electron chi connectivity index (χ4n) is 4.41. The van der Waals surface area contributed by atoms with E-state index >= 15 is 0 Å². The Morgan fingerprint density at radius 2 is 2.24 bits per heavy atom. The standard InChI is InChI=1S/C23H25N3O2S/c1-14-3-6-20(18-5-4-15(9-19(18)27)16-11-25-26-12-16)29-22(14)28-21-10-17-7-8-23(21,2)13-24-17/h3-5,9,11-12,17,21,24,27H,7-8,10,13H2,1-2H3,(H,25,26)/t17?,21-,23+/m1/s1. The van der Waals surface area contributed by atoms with Gasteiger partial charge in [0.1, 0.15) is 11.9 Å². The summed E-state index contributed by atoms with van der Waals surface area (Å²) in [5.41, 5.74) is 7.23. The maximum absolute atomic E-state index is 10.7. The van der Waals surface area contributed by atoms with E-state index in [1.54, 1.807) is 24.0 Å². The number of fused-ring (bicyclic) bond motifs is 3. The molecule has 29 heavy (non-hydrogen) atoms. The summed E-state index contributed by atoms with van der Waals surface area (Å²) in [6.07, 6.45) is 9.26. The normalized spacial score (nSPS) is 28.6. The molecule has 1 aromatic carbocycles. The number of aromatic hydroxyl groups is 1. The highest BCUT2D eigenvalue weighted by Gasteiger charge is 2.46. The number of nitrogens with one attached hydrogen (secondary N) is 2. The lowest BCUT2D eigenvalue weighted by atomic mass is 9.68. The van der Waals surface area contributed by atoms with Crippen LogP contribution in [-0.2, 0) is 4.74 Å². The van der Waals surface area contributed by atoms with Crippen LogP contribution in [0.4, 0.5) is 0 Å². The molecule has 1 aliphatic carbocycles. The highest BCUT2D eigenvalue weighted by molar-refractivity contribution is 8.11. The molecule has 0 radical (unpaired) electrons. The number of H-pyrrole nitrogens is 1. The van der Waals surface area contributed by atoms with E-state index in [0.717, 1.165) is 45.2 Å². The zero-order valence-electron chi connectivity index (χ0n) is 16.7. The molecule has 1 unspecified atom stereocenters. The molecule has 1 saturated carbocycles. The monoisotopic (exact) mass is 407 g/mol. The molecule has 6 heteroatoms. The van der Waals surface area contributed by atoms with Crippen LogP contribution in [-0.4, -0.2) is 34.0 Å². The van der Waals surface area contributed by atoms with Gasteiger partial charge in [-0.1, -0.05) is 13.0 Å². The zero-order chi connectivity index (χ0) is 20.0. The van der Waals surface area contributed by atoms with Crippen LogP contribution in [0.2, 0.25) is 0 Å². The van der Waals surface area contributed by atoms with E-state index < -0.39 is 0 Å². The molecule has 5 nitrogen and oxygen atoms in total. The van der Waals surface area contributed by atoms with Crippen molar-refractivity contribution in [2.45, 2.75) is 45.3 Å². The molecular formula is C23H25N3O2S. The van der Waals surface area contributed by atoms with E-state index in [-0.39, 0.29) is 17.3 Å². The largest absolute Gasteiger partial charge is 0.507 e. The van der Waals surface area contributed by atoms with Gasteiger partial charge >= 0.3 is 0 Å². The first-order valence-electron chi connectivity index (χ1n) is 10.1. The Morgan fingerprint density at radius 1 is 1.34 bits per heavy atom. The van der Waals surface area contributed by atoms with Crippen LogP contribution in [0.1, 0.15) is 38.7 Å². The van der Waals surface area contributed by atoms with Gasteiger partial charge in [-0.25, -0.2) is 0 Å². The van der Waals surface area contributed by atoms with Crippen molar-refractivity contribution in [2.24, 2.45) is 5.41 Å². The lowest BCUT2D eigenvalue weighted by Crippen LogP contribution is -2.58. The Kier molecular flexibility index (Phi) is 4.58. The van der Waals surface area contributed by atoms with Gasteiger partial charge in [0.05, 0.1) is 11.1 Å². The van der Waals surface area contributed by atoms with Crippen LogP contribution in [0.25, 0.3) is 16.0 Å². The van der Waals surface area contributed by atoms with Crippen molar-refractivity contribution in [1.82, 2.24) is 15.5 Å². The number of benzene rings is 1. The van der Waals surface area contributed by atoms with Crippen LogP contribution < -0.4 is 5.32 Å². The summed E-state index contributed by atoms with van der Waals surface area (Å²) in [6, 6.07) is 6.27. The number of aromatic nitrogens is 2. The van der Waals surface area contributed by atoms with Crippen LogP contribution in [0.15, 0.2) is 53.1 Å². The van der Waals surface area contributed by atoms with Crippen LogP contribution >= 0.6 is 11.8 Å². The second-order valence-corrected chi connectivity index (χ2v) is 9.51. The molecule has 2 saturated heterocycles. The number of hydrogen-bond acceptors (Lipinski definition) is 5. The summed E-state index contributed by atoms with van der Waals surface area (Å²) in [5, 5.41) is 22.0. The number of phenols is 1. The summed E-state index contributed by atoms with van der Waals surface area (Å²) in [6.45, 7) is 5.42. The fourth-order valence-corrected chi connectivity index (χ4v) is 5.38. The second kappa shape index (κ2) is 7.13. The number of rotatable bonds is 4. The minimum absolute atomic E-state index is 0.183. The first-order valence-corrected chi connectivity index (χ1v) is 10.9. The highest BCUT2D eigenvalue weighted by Crippen LogP contribution is 2.47. The molecule has 2 aromatic rings. The number of phenolic OH excluding ortho intramolecular Hbond substituents is 1. The van der Waals surface area contributed by atoms with Gasteiger partial charge in [0.15, 0.2) is 5.09 Å². The number of aromatic amines is 1. The van der Waals surface area contributed by atoms with Gasteiger partial charge in [0.2, 0.25) is 0 Å². The van der Waals surface area contributed by atoms with Crippen molar-refractivity contribution >= 4 is 16.7 Å². The molecule has 3 aliphatic heterocycles. The van der Waals surface area contributed by atoms with Crippen molar-refractivity contribution in [3.8, 4) is 16.9 Å². The van der Waals surface area contributed by atoms with Gasteiger partial charge in [-0.3, -0.25) is 5.10 Å². The molecule has 6 rings (SSSR count). The van der Waals surface area contributed by atoms with Crippen molar-refractivity contribution in [2.75, 3.05) is 6.54 Å². The number of hydrogen-bond donors (Lipinski definition) is 3. The molecule has 3 N–H and O–H groups in total. The Morgan fingerprint density at radius 3 is 2.93 bits per heavy atom. The number of piperidine rings is 2. The lowest BCUT2D eigenvalue weighted by molar-refractivity contribution is -0.0552. The average Bonchev–Trinajstić information content (AvgIpc) is 3.26. The predicted octanol–water partition coefficient (Wildman–Crippen LogP) is 4.80. The zero-order valence-corrected chi connectivity index (χ0v) is 17.5. The Labute approximate surface area is 174 Å². The summed E-state index contributed by atoms with van der Waals surface area (Å²) in [7, 11) is 0. The average molecular weight is 408 g/mol. The minimum atomic E-state index is 0.183. The van der Waals surface area contributed by atoms with Crippen molar-refractivity contribution in [1.29, 1.82) is 0 Å². The van der Waals surface area contributed by atoms with Gasteiger partial charge in [0.25, 0.3) is 0 Å². The molecule has 1 aromatic heterocycles. The Hall–Kier alpha value is -2.40. The number of thioether (sulfide) groups is 1. The van der Waals surface area contributed by atoms with E-state index in [1.165, 1.54) is 12.8 Å². The van der Waals surface area contributed by atoms with E-state index in [2.05, 4.69) is 35.1 Å². The van der Waals surface area contributed by atoms with E-state index in [9.17, 15) is 5.11 Å². The molecule has 0 spiro atoms. The van der Waals surface area contributed by atoms with E-state index in [0.29, 0.717) is 6.04 Å². The number of nitrogens with zero attached hydrogens (tertiary/aromatic N) is 1. The first-order chi connectivity index (χ1) is 14.0. The molecule has 0 amide bonds. The van der Waals surface area contributed by atoms with Crippen LogP contribution in [0.5, 0.6) is 5.75 Å². The molecule has 3 atom stereocenters. The molecule has 3 fully saturated rings. The van der Waals surface area contributed by atoms with Gasteiger partial charge in [-0.2, -0.15) is 5.10 Å². The Bertz CT molecular complexity index is 1030. The van der Waals surface area contributed by atoms with E-state index in [1.807, 2.05) is 24.4 Å². The van der Waals surface area contributed by atoms with Gasteiger partial charge in [-0.15, -0.1) is 5.73 Å². The number of ether oxygens (including phenoxy) is 1. The molecule has 4 heterocycles. The summed E-state index contributed by atoms with van der Waals surface area (Å²) in [4.78, 5) is 0.881. The molecular weight excluding hydrogens is 382 g/mol. The third-order valence-electron chi connectivity index (χ3n) is 6.39. The third-order valence-corrected chi connectivity index (χ3v) is 7.54. The highest BCUT2D eigenvalue weighted by atomic mass is 32.2. The minimum Gasteiger partial charge on any atom is -0.507 e. The second-order valence-electron chi connectivity index (χ2n) is 8.52. The van der Waals surface area contributed by atoms with Crippen LogP contribution in [0.3, 0.4) is 0 Å².